The maximum absolute atomic E-state index is 10.8. The predicted molar refractivity (Wildman–Crippen MR) is 70.2 cm³/mol. The average Bonchev–Trinajstić information content (AvgIpc) is 2.78. The van der Waals surface area contributed by atoms with E-state index in [1.165, 1.54) is 17.4 Å². The van der Waals surface area contributed by atoms with Crippen molar-refractivity contribution >= 4 is 38.1 Å². The first-order chi connectivity index (χ1) is 8.16. The maximum atomic E-state index is 10.8. The number of halogens is 1. The Morgan fingerprint density at radius 2 is 2.35 bits per heavy atom. The highest BCUT2D eigenvalue weighted by Crippen LogP contribution is 2.24. The van der Waals surface area contributed by atoms with Crippen molar-refractivity contribution in [3.8, 4) is 0 Å². The van der Waals surface area contributed by atoms with Crippen LogP contribution in [0, 0.1) is 10.1 Å². The molecule has 0 fully saturated rings. The van der Waals surface area contributed by atoms with Crippen molar-refractivity contribution in [3.05, 3.63) is 49.9 Å². The van der Waals surface area contributed by atoms with Crippen LogP contribution in [0.25, 0.3) is 0 Å². The lowest BCUT2D eigenvalue weighted by Gasteiger charge is -2.04. The summed E-state index contributed by atoms with van der Waals surface area (Å²) in [6.07, 6.45) is 1.68. The van der Waals surface area contributed by atoms with Crippen LogP contribution in [0.5, 0.6) is 0 Å². The number of benzene rings is 1. The van der Waals surface area contributed by atoms with Gasteiger partial charge in [-0.2, -0.15) is 0 Å². The Bertz CT molecular complexity index is 530. The number of hydrogen-bond donors (Lipinski definition) is 1. The normalized spacial score (nSPS) is 10.2. The molecule has 5 nitrogen and oxygen atoms in total. The molecule has 0 aliphatic rings. The molecule has 7 heteroatoms. The molecule has 0 saturated carbocycles. The van der Waals surface area contributed by atoms with Gasteiger partial charge in [0.05, 0.1) is 10.5 Å². The van der Waals surface area contributed by atoms with Gasteiger partial charge in [0.1, 0.15) is 0 Å². The number of anilines is 1. The van der Waals surface area contributed by atoms with Gasteiger partial charge in [-0.1, -0.05) is 15.9 Å². The first kappa shape index (κ1) is 12.0. The monoisotopic (exact) mass is 313 g/mol. The molecule has 0 unspecified atom stereocenters. The Hall–Kier alpha value is -1.47. The highest BCUT2D eigenvalue weighted by Gasteiger charge is 2.13. The van der Waals surface area contributed by atoms with Gasteiger partial charge in [0.2, 0.25) is 0 Å². The summed E-state index contributed by atoms with van der Waals surface area (Å²) in [7, 11) is 0. The van der Waals surface area contributed by atoms with Gasteiger partial charge in [0, 0.05) is 28.7 Å². The maximum Gasteiger partial charge on any atom is 0.274 e. The molecule has 0 amide bonds. The van der Waals surface area contributed by atoms with Crippen LogP contribution in [-0.2, 0) is 6.54 Å². The Labute approximate surface area is 110 Å². The molecule has 0 spiro atoms. The van der Waals surface area contributed by atoms with E-state index in [4.69, 9.17) is 0 Å². The summed E-state index contributed by atoms with van der Waals surface area (Å²) in [6.45, 7) is 0.378. The molecule has 17 heavy (non-hydrogen) atoms. The topological polar surface area (TPSA) is 68.1 Å². The molecule has 1 N–H and O–H groups in total. The van der Waals surface area contributed by atoms with E-state index >= 15 is 0 Å². The van der Waals surface area contributed by atoms with Gasteiger partial charge in [-0.25, -0.2) is 4.98 Å². The second-order valence-electron chi connectivity index (χ2n) is 3.22. The molecule has 1 aromatic heterocycles. The molecule has 0 saturated heterocycles. The molecule has 0 aliphatic heterocycles. The highest BCUT2D eigenvalue weighted by molar-refractivity contribution is 9.10. The van der Waals surface area contributed by atoms with Crippen LogP contribution in [0.3, 0.4) is 0 Å². The van der Waals surface area contributed by atoms with Gasteiger partial charge in [0.25, 0.3) is 5.69 Å². The zero-order valence-electron chi connectivity index (χ0n) is 8.59. The number of nitrogens with zero attached hydrogens (tertiary/aromatic N) is 2. The summed E-state index contributed by atoms with van der Waals surface area (Å²) in [5.41, 5.74) is 0.733. The third-order valence-corrected chi connectivity index (χ3v) is 3.32. The van der Waals surface area contributed by atoms with Gasteiger partial charge in [-0.05, 0) is 12.1 Å². The molecule has 0 atom stereocenters. The summed E-state index contributed by atoms with van der Waals surface area (Å²) in [6, 6.07) is 4.88. The van der Waals surface area contributed by atoms with Gasteiger partial charge in [0.15, 0.2) is 5.13 Å². The van der Waals surface area contributed by atoms with Crippen molar-refractivity contribution in [1.29, 1.82) is 0 Å². The summed E-state index contributed by atoms with van der Waals surface area (Å²) in [5, 5.41) is 16.5. The van der Waals surface area contributed by atoms with Crippen LogP contribution in [0.2, 0.25) is 0 Å². The quantitative estimate of drug-likeness (QED) is 0.693. The second kappa shape index (κ2) is 5.24. The molecule has 1 aromatic carbocycles. The molecular weight excluding hydrogens is 306 g/mol. The first-order valence-electron chi connectivity index (χ1n) is 4.73. The van der Waals surface area contributed by atoms with Crippen LogP contribution >= 0.6 is 27.3 Å². The first-order valence-corrected chi connectivity index (χ1v) is 6.40. The minimum atomic E-state index is -0.384. The Balaban J connectivity index is 2.19. The standard InChI is InChI=1S/C10H8BrN3O2S/c11-8-1-2-9(14(15)16)7(5-8)6-13-10-12-3-4-17-10/h1-5H,6H2,(H,12,13). The van der Waals surface area contributed by atoms with Gasteiger partial charge >= 0.3 is 0 Å². The van der Waals surface area contributed by atoms with Crippen molar-refractivity contribution in [2.24, 2.45) is 0 Å². The third-order valence-electron chi connectivity index (χ3n) is 2.10. The number of hydrogen-bond acceptors (Lipinski definition) is 5. The summed E-state index contributed by atoms with van der Waals surface area (Å²) < 4.78 is 0.819. The molecule has 2 aromatic rings. The number of rotatable bonds is 4. The number of nitrogens with one attached hydrogen (secondary N) is 1. The van der Waals surface area contributed by atoms with E-state index in [1.54, 1.807) is 18.3 Å². The largest absolute Gasteiger partial charge is 0.357 e. The highest BCUT2D eigenvalue weighted by atomic mass is 79.9. The molecule has 0 bridgehead atoms. The molecule has 88 valence electrons. The van der Waals surface area contributed by atoms with E-state index in [0.29, 0.717) is 12.1 Å². The minimum absolute atomic E-state index is 0.109. The average molecular weight is 314 g/mol. The zero-order chi connectivity index (χ0) is 12.3. The fourth-order valence-electron chi connectivity index (χ4n) is 1.36. The zero-order valence-corrected chi connectivity index (χ0v) is 11.0. The molecular formula is C10H8BrN3O2S. The van der Waals surface area contributed by atoms with E-state index in [0.717, 1.165) is 9.60 Å². The number of nitro groups is 1. The summed E-state index contributed by atoms with van der Waals surface area (Å²) in [4.78, 5) is 14.5. The van der Waals surface area contributed by atoms with E-state index in [2.05, 4.69) is 26.2 Å². The Kier molecular flexibility index (Phi) is 3.70. The van der Waals surface area contributed by atoms with E-state index in [-0.39, 0.29) is 10.6 Å². The van der Waals surface area contributed by atoms with Crippen molar-refractivity contribution < 1.29 is 4.92 Å². The molecule has 0 radical (unpaired) electrons. The SMILES string of the molecule is O=[N+]([O-])c1ccc(Br)cc1CNc1nccs1. The van der Waals surface area contributed by atoms with Crippen LogP contribution in [0.1, 0.15) is 5.56 Å². The van der Waals surface area contributed by atoms with Crippen LogP contribution in [-0.4, -0.2) is 9.91 Å². The summed E-state index contributed by atoms with van der Waals surface area (Å²) >= 11 is 4.76. The smallest absolute Gasteiger partial charge is 0.274 e. The minimum Gasteiger partial charge on any atom is -0.357 e. The van der Waals surface area contributed by atoms with Crippen molar-refractivity contribution in [3.63, 3.8) is 0 Å². The van der Waals surface area contributed by atoms with Gasteiger partial charge in [-0.3, -0.25) is 10.1 Å². The number of aromatic nitrogens is 1. The summed E-state index contributed by atoms with van der Waals surface area (Å²) in [5.74, 6) is 0. The van der Waals surface area contributed by atoms with Gasteiger partial charge in [-0.15, -0.1) is 11.3 Å². The molecule has 0 aliphatic carbocycles. The Morgan fingerprint density at radius 1 is 1.53 bits per heavy atom. The number of nitro benzene ring substituents is 1. The third kappa shape index (κ3) is 3.01. The van der Waals surface area contributed by atoms with Crippen LogP contribution < -0.4 is 5.32 Å². The predicted octanol–water partition coefficient (Wildman–Crippen LogP) is 3.43. The van der Waals surface area contributed by atoms with Gasteiger partial charge < -0.3 is 5.32 Å². The van der Waals surface area contributed by atoms with E-state index in [9.17, 15) is 10.1 Å². The Morgan fingerprint density at radius 3 is 3.00 bits per heavy atom. The fourth-order valence-corrected chi connectivity index (χ4v) is 2.29. The van der Waals surface area contributed by atoms with Crippen molar-refractivity contribution in [2.45, 2.75) is 6.54 Å². The number of thiazole rings is 1. The van der Waals surface area contributed by atoms with Crippen LogP contribution in [0.15, 0.2) is 34.2 Å². The van der Waals surface area contributed by atoms with Crippen molar-refractivity contribution in [1.82, 2.24) is 4.98 Å². The van der Waals surface area contributed by atoms with Crippen LogP contribution in [0.4, 0.5) is 10.8 Å². The van der Waals surface area contributed by atoms with Crippen molar-refractivity contribution in [2.75, 3.05) is 5.32 Å². The molecule has 1 heterocycles. The lowest BCUT2D eigenvalue weighted by Crippen LogP contribution is -2.02. The lowest BCUT2D eigenvalue weighted by molar-refractivity contribution is -0.385. The fraction of sp³-hybridized carbons (Fsp3) is 0.100. The lowest BCUT2D eigenvalue weighted by atomic mass is 10.2. The second-order valence-corrected chi connectivity index (χ2v) is 5.03. The molecule has 2 rings (SSSR count). The van der Waals surface area contributed by atoms with E-state index < -0.39 is 0 Å². The van der Waals surface area contributed by atoms with E-state index in [1.807, 2.05) is 5.38 Å².